The van der Waals surface area contributed by atoms with Crippen molar-refractivity contribution in [2.24, 2.45) is 0 Å². The van der Waals surface area contributed by atoms with Crippen molar-refractivity contribution < 1.29 is 4.52 Å². The van der Waals surface area contributed by atoms with Gasteiger partial charge in [0.1, 0.15) is 0 Å². The van der Waals surface area contributed by atoms with E-state index in [2.05, 4.69) is 36.1 Å². The molecule has 0 bridgehead atoms. The summed E-state index contributed by atoms with van der Waals surface area (Å²) in [5, 5.41) is 4.20. The lowest BCUT2D eigenvalue weighted by molar-refractivity contribution is 0.201. The molecular formula is C22H20N6O. The first-order chi connectivity index (χ1) is 14.4. The molecule has 1 aliphatic heterocycles. The number of aromatic nitrogens is 5. The van der Waals surface area contributed by atoms with E-state index in [4.69, 9.17) is 4.52 Å². The van der Waals surface area contributed by atoms with Crippen molar-refractivity contribution in [3.05, 3.63) is 78.8 Å². The summed E-state index contributed by atoms with van der Waals surface area (Å²) in [7, 11) is 0. The monoisotopic (exact) mass is 384 g/mol. The van der Waals surface area contributed by atoms with Crippen LogP contribution in [-0.2, 0) is 6.54 Å². The van der Waals surface area contributed by atoms with Gasteiger partial charge in [-0.25, -0.2) is 0 Å². The molecule has 144 valence electrons. The molecule has 5 rings (SSSR count). The Morgan fingerprint density at radius 3 is 2.69 bits per heavy atom. The van der Waals surface area contributed by atoms with E-state index in [0.717, 1.165) is 42.8 Å². The number of hydrogen-bond acceptors (Lipinski definition) is 7. The Balaban J connectivity index is 1.33. The van der Waals surface area contributed by atoms with Gasteiger partial charge in [0.05, 0.1) is 11.7 Å². The van der Waals surface area contributed by atoms with E-state index in [1.807, 2.05) is 36.5 Å². The molecule has 4 aromatic rings. The van der Waals surface area contributed by atoms with Crippen LogP contribution in [-0.4, -0.2) is 36.5 Å². The Labute approximate surface area is 168 Å². The van der Waals surface area contributed by atoms with E-state index in [9.17, 15) is 0 Å². The highest BCUT2D eigenvalue weighted by Gasteiger charge is 2.30. The highest BCUT2D eigenvalue weighted by atomic mass is 16.5. The van der Waals surface area contributed by atoms with E-state index in [1.54, 1.807) is 24.8 Å². The Morgan fingerprint density at radius 2 is 1.90 bits per heavy atom. The van der Waals surface area contributed by atoms with Crippen LogP contribution >= 0.6 is 0 Å². The van der Waals surface area contributed by atoms with Crippen LogP contribution in [0.2, 0.25) is 0 Å². The molecule has 0 saturated carbocycles. The van der Waals surface area contributed by atoms with Crippen molar-refractivity contribution in [1.29, 1.82) is 0 Å². The largest absolute Gasteiger partial charge is 0.337 e. The first-order valence-corrected chi connectivity index (χ1v) is 9.70. The number of likely N-dealkylation sites (tertiary alicyclic amines) is 1. The minimum absolute atomic E-state index is 0.139. The highest BCUT2D eigenvalue weighted by molar-refractivity contribution is 5.62. The van der Waals surface area contributed by atoms with E-state index in [1.165, 1.54) is 5.56 Å². The summed E-state index contributed by atoms with van der Waals surface area (Å²) < 4.78 is 5.63. The van der Waals surface area contributed by atoms with Crippen molar-refractivity contribution in [3.8, 4) is 22.6 Å². The van der Waals surface area contributed by atoms with Gasteiger partial charge in [-0.1, -0.05) is 11.2 Å². The molecule has 1 saturated heterocycles. The first-order valence-electron chi connectivity index (χ1n) is 9.70. The lowest BCUT2D eigenvalue weighted by Gasteiger charge is -2.21. The number of rotatable bonds is 5. The SMILES string of the molecule is c1cncc(CN2CCCC2c2nc(-c3ccc(-c4ccncc4)nc3)no2)c1. The second-order valence-electron chi connectivity index (χ2n) is 7.11. The average molecular weight is 384 g/mol. The molecule has 0 N–H and O–H groups in total. The van der Waals surface area contributed by atoms with Crippen molar-refractivity contribution >= 4 is 0 Å². The van der Waals surface area contributed by atoms with Crippen LogP contribution in [0, 0.1) is 0 Å². The molecule has 0 amide bonds. The third-order valence-corrected chi connectivity index (χ3v) is 5.20. The van der Waals surface area contributed by atoms with Crippen LogP contribution in [0.15, 0.2) is 71.9 Å². The zero-order valence-electron chi connectivity index (χ0n) is 15.8. The van der Waals surface area contributed by atoms with Crippen LogP contribution in [0.25, 0.3) is 22.6 Å². The molecule has 5 heterocycles. The first kappa shape index (κ1) is 17.6. The molecule has 1 fully saturated rings. The molecule has 0 radical (unpaired) electrons. The van der Waals surface area contributed by atoms with Crippen molar-refractivity contribution in [3.63, 3.8) is 0 Å². The average Bonchev–Trinajstić information content (AvgIpc) is 3.45. The topological polar surface area (TPSA) is 80.8 Å². The van der Waals surface area contributed by atoms with Gasteiger partial charge >= 0.3 is 0 Å². The molecule has 0 spiro atoms. The molecule has 1 unspecified atom stereocenters. The quantitative estimate of drug-likeness (QED) is 0.516. The third-order valence-electron chi connectivity index (χ3n) is 5.20. The van der Waals surface area contributed by atoms with Gasteiger partial charge < -0.3 is 4.52 Å². The Morgan fingerprint density at radius 1 is 0.966 bits per heavy atom. The van der Waals surface area contributed by atoms with Gasteiger partial charge in [-0.05, 0) is 55.3 Å². The van der Waals surface area contributed by atoms with Gasteiger partial charge in [-0.15, -0.1) is 0 Å². The molecule has 7 nitrogen and oxygen atoms in total. The maximum atomic E-state index is 5.63. The standard InChI is InChI=1S/C22H20N6O/c1-3-16(13-24-9-1)15-28-12-2-4-20(28)22-26-21(27-29-22)18-5-6-19(25-14-18)17-7-10-23-11-8-17/h1,3,5-11,13-14,20H,2,4,12,15H2. The normalized spacial score (nSPS) is 16.9. The fraction of sp³-hybridized carbons (Fsp3) is 0.227. The van der Waals surface area contributed by atoms with Gasteiger partial charge in [0, 0.05) is 48.7 Å². The van der Waals surface area contributed by atoms with E-state index < -0.39 is 0 Å². The van der Waals surface area contributed by atoms with Crippen molar-refractivity contribution in [2.45, 2.75) is 25.4 Å². The molecule has 4 aromatic heterocycles. The third kappa shape index (κ3) is 3.77. The van der Waals surface area contributed by atoms with E-state index in [0.29, 0.717) is 11.7 Å². The zero-order chi connectivity index (χ0) is 19.5. The van der Waals surface area contributed by atoms with Gasteiger partial charge in [0.2, 0.25) is 11.7 Å². The molecule has 1 atom stereocenters. The summed E-state index contributed by atoms with van der Waals surface area (Å²) in [5.74, 6) is 1.24. The summed E-state index contributed by atoms with van der Waals surface area (Å²) in [6, 6.07) is 12.0. The maximum Gasteiger partial charge on any atom is 0.244 e. The fourth-order valence-electron chi connectivity index (χ4n) is 3.73. The summed E-state index contributed by atoms with van der Waals surface area (Å²) in [4.78, 5) is 19.8. The lowest BCUT2D eigenvalue weighted by Crippen LogP contribution is -2.23. The maximum absolute atomic E-state index is 5.63. The lowest BCUT2D eigenvalue weighted by atomic mass is 10.1. The Kier molecular flexibility index (Phi) is 4.80. The second kappa shape index (κ2) is 7.89. The van der Waals surface area contributed by atoms with Crippen LogP contribution in [0.3, 0.4) is 0 Å². The number of nitrogens with zero attached hydrogens (tertiary/aromatic N) is 6. The minimum atomic E-state index is 0.139. The van der Waals surface area contributed by atoms with Gasteiger partial charge in [0.25, 0.3) is 0 Å². The molecule has 0 aliphatic carbocycles. The number of pyridine rings is 3. The van der Waals surface area contributed by atoms with E-state index in [-0.39, 0.29) is 6.04 Å². The highest BCUT2D eigenvalue weighted by Crippen LogP contribution is 2.33. The Bertz CT molecular complexity index is 1070. The summed E-state index contributed by atoms with van der Waals surface area (Å²) in [5.41, 5.74) is 3.94. The fourth-order valence-corrected chi connectivity index (χ4v) is 3.73. The molecule has 7 heteroatoms. The van der Waals surface area contributed by atoms with E-state index >= 15 is 0 Å². The second-order valence-corrected chi connectivity index (χ2v) is 7.11. The summed E-state index contributed by atoms with van der Waals surface area (Å²) in [6.45, 7) is 1.85. The molecule has 0 aromatic carbocycles. The van der Waals surface area contributed by atoms with Crippen LogP contribution < -0.4 is 0 Å². The summed E-state index contributed by atoms with van der Waals surface area (Å²) >= 11 is 0. The van der Waals surface area contributed by atoms with Crippen LogP contribution in [0.1, 0.15) is 30.3 Å². The predicted octanol–water partition coefficient (Wildman–Crippen LogP) is 3.93. The van der Waals surface area contributed by atoms with Gasteiger partial charge in [-0.2, -0.15) is 4.98 Å². The molecular weight excluding hydrogens is 364 g/mol. The molecule has 1 aliphatic rings. The van der Waals surface area contributed by atoms with Gasteiger partial charge in [0.15, 0.2) is 0 Å². The van der Waals surface area contributed by atoms with Crippen LogP contribution in [0.5, 0.6) is 0 Å². The summed E-state index contributed by atoms with van der Waals surface area (Å²) in [6.07, 6.45) is 11.1. The van der Waals surface area contributed by atoms with Crippen molar-refractivity contribution in [1.82, 2.24) is 30.0 Å². The smallest absolute Gasteiger partial charge is 0.244 e. The minimum Gasteiger partial charge on any atom is -0.337 e. The zero-order valence-corrected chi connectivity index (χ0v) is 15.8. The van der Waals surface area contributed by atoms with Crippen LogP contribution in [0.4, 0.5) is 0 Å². The Hall–Kier alpha value is -3.45. The number of hydrogen-bond donors (Lipinski definition) is 0. The van der Waals surface area contributed by atoms with Gasteiger partial charge in [-0.3, -0.25) is 19.9 Å². The predicted molar refractivity (Wildman–Crippen MR) is 107 cm³/mol. The molecule has 29 heavy (non-hydrogen) atoms. The van der Waals surface area contributed by atoms with Crippen molar-refractivity contribution in [2.75, 3.05) is 6.54 Å².